The van der Waals surface area contributed by atoms with Crippen molar-refractivity contribution >= 4 is 32.9 Å². The number of aromatic nitrogens is 3. The number of hydrogen-bond donors (Lipinski definition) is 0. The highest BCUT2D eigenvalue weighted by molar-refractivity contribution is 5.97. The molecule has 0 saturated carbocycles. The summed E-state index contributed by atoms with van der Waals surface area (Å²) in [6.45, 7) is 0. The second kappa shape index (κ2) is 11.2. The number of fused-ring (bicyclic) bond motifs is 3. The molecule has 3 aromatic heterocycles. The Morgan fingerprint density at radius 2 is 0.894 bits per heavy atom. The Kier molecular flexibility index (Phi) is 6.43. The molecule has 0 aliphatic carbocycles. The average Bonchev–Trinajstić information content (AvgIpc) is 3.59. The number of para-hydroxylation sites is 2. The van der Waals surface area contributed by atoms with Gasteiger partial charge in [0.25, 0.3) is 0 Å². The molecular weight excluding hydrogens is 574 g/mol. The fourth-order valence-electron chi connectivity index (χ4n) is 6.28. The van der Waals surface area contributed by atoms with Crippen molar-refractivity contribution in [3.8, 4) is 56.0 Å². The van der Waals surface area contributed by atoms with Gasteiger partial charge in [-0.2, -0.15) is 0 Å². The van der Waals surface area contributed by atoms with E-state index in [1.165, 1.54) is 0 Å². The normalized spacial score (nSPS) is 11.4. The predicted octanol–water partition coefficient (Wildman–Crippen LogP) is 11.3. The highest BCUT2D eigenvalue weighted by atomic mass is 16.3. The van der Waals surface area contributed by atoms with E-state index in [4.69, 9.17) is 9.40 Å². The SMILES string of the molecule is c1ccc(-c2nc3c(-c4ccc(-c5cnc6ccccc6c5)cc4)cc(-c4ccc(-c5cnc6ccccc6c5)cc4)cc3o2)cc1. The second-order valence-corrected chi connectivity index (χ2v) is 11.7. The van der Waals surface area contributed by atoms with Gasteiger partial charge in [0.1, 0.15) is 5.52 Å². The number of rotatable bonds is 5. The molecule has 0 atom stereocenters. The van der Waals surface area contributed by atoms with Gasteiger partial charge in [-0.15, -0.1) is 0 Å². The minimum absolute atomic E-state index is 0.608. The fraction of sp³-hybridized carbons (Fsp3) is 0. The third-order valence-electron chi connectivity index (χ3n) is 8.78. The highest BCUT2D eigenvalue weighted by Crippen LogP contribution is 2.38. The third-order valence-corrected chi connectivity index (χ3v) is 8.78. The minimum Gasteiger partial charge on any atom is -0.436 e. The van der Waals surface area contributed by atoms with Gasteiger partial charge in [0.2, 0.25) is 5.89 Å². The van der Waals surface area contributed by atoms with Gasteiger partial charge in [0.15, 0.2) is 5.58 Å². The van der Waals surface area contributed by atoms with E-state index in [-0.39, 0.29) is 0 Å². The maximum Gasteiger partial charge on any atom is 0.227 e. The molecule has 9 rings (SSSR count). The van der Waals surface area contributed by atoms with Gasteiger partial charge in [-0.3, -0.25) is 9.97 Å². The Bertz CT molecular complexity index is 2550. The topological polar surface area (TPSA) is 51.8 Å². The molecule has 6 aromatic carbocycles. The van der Waals surface area contributed by atoms with Crippen molar-refractivity contribution in [3.63, 3.8) is 0 Å². The van der Waals surface area contributed by atoms with Crippen molar-refractivity contribution in [3.05, 3.63) is 164 Å². The average molecular weight is 602 g/mol. The molecule has 0 bridgehead atoms. The van der Waals surface area contributed by atoms with Crippen molar-refractivity contribution in [2.24, 2.45) is 0 Å². The summed E-state index contributed by atoms with van der Waals surface area (Å²) in [4.78, 5) is 14.3. The van der Waals surface area contributed by atoms with Crippen LogP contribution >= 0.6 is 0 Å². The van der Waals surface area contributed by atoms with Gasteiger partial charge in [-0.05, 0) is 76.3 Å². The molecule has 0 amide bonds. The zero-order valence-electron chi connectivity index (χ0n) is 25.3. The lowest BCUT2D eigenvalue weighted by Crippen LogP contribution is -1.87. The molecular formula is C43H27N3O. The maximum atomic E-state index is 6.42. The monoisotopic (exact) mass is 601 g/mol. The zero-order chi connectivity index (χ0) is 31.2. The smallest absolute Gasteiger partial charge is 0.227 e. The molecule has 220 valence electrons. The molecule has 0 aliphatic heterocycles. The van der Waals surface area contributed by atoms with Gasteiger partial charge in [0, 0.05) is 45.4 Å². The number of hydrogen-bond acceptors (Lipinski definition) is 4. The summed E-state index contributed by atoms with van der Waals surface area (Å²) in [5.41, 5.74) is 13.2. The van der Waals surface area contributed by atoms with Crippen LogP contribution in [0.2, 0.25) is 0 Å². The summed E-state index contributed by atoms with van der Waals surface area (Å²) in [6.07, 6.45) is 3.89. The molecule has 0 unspecified atom stereocenters. The van der Waals surface area contributed by atoms with E-state index in [9.17, 15) is 0 Å². The van der Waals surface area contributed by atoms with Crippen LogP contribution in [0.4, 0.5) is 0 Å². The first kappa shape index (κ1) is 27.0. The number of benzene rings is 6. The van der Waals surface area contributed by atoms with Crippen molar-refractivity contribution in [1.82, 2.24) is 15.0 Å². The molecule has 9 aromatic rings. The van der Waals surface area contributed by atoms with E-state index in [1.54, 1.807) is 0 Å². The van der Waals surface area contributed by atoms with Crippen molar-refractivity contribution in [1.29, 1.82) is 0 Å². The summed E-state index contributed by atoms with van der Waals surface area (Å²) < 4.78 is 6.42. The second-order valence-electron chi connectivity index (χ2n) is 11.7. The molecule has 0 spiro atoms. The van der Waals surface area contributed by atoms with Crippen LogP contribution in [0.1, 0.15) is 0 Å². The Balaban J connectivity index is 1.12. The molecule has 4 heteroatoms. The van der Waals surface area contributed by atoms with E-state index >= 15 is 0 Å². The number of oxazole rings is 1. The van der Waals surface area contributed by atoms with Crippen LogP contribution in [0, 0.1) is 0 Å². The van der Waals surface area contributed by atoms with Gasteiger partial charge >= 0.3 is 0 Å². The lowest BCUT2D eigenvalue weighted by molar-refractivity contribution is 0.620. The molecule has 47 heavy (non-hydrogen) atoms. The maximum absolute atomic E-state index is 6.42. The molecule has 4 nitrogen and oxygen atoms in total. The summed E-state index contributed by atoms with van der Waals surface area (Å²) in [7, 11) is 0. The van der Waals surface area contributed by atoms with Crippen LogP contribution in [0.25, 0.3) is 88.9 Å². The van der Waals surface area contributed by atoms with Crippen LogP contribution in [-0.4, -0.2) is 15.0 Å². The number of pyridine rings is 2. The minimum atomic E-state index is 0.608. The van der Waals surface area contributed by atoms with Crippen LogP contribution in [0.15, 0.2) is 168 Å². The molecule has 3 heterocycles. The van der Waals surface area contributed by atoms with E-state index in [2.05, 4.69) is 94.9 Å². The van der Waals surface area contributed by atoms with Crippen LogP contribution < -0.4 is 0 Å². The summed E-state index contributed by atoms with van der Waals surface area (Å²) in [5.74, 6) is 0.608. The van der Waals surface area contributed by atoms with E-state index < -0.39 is 0 Å². The zero-order valence-corrected chi connectivity index (χ0v) is 25.3. The Morgan fingerprint density at radius 3 is 1.49 bits per heavy atom. The summed E-state index contributed by atoms with van der Waals surface area (Å²) in [5, 5.41) is 2.26. The largest absolute Gasteiger partial charge is 0.436 e. The first-order chi connectivity index (χ1) is 23.2. The molecule has 0 aliphatic rings. The Morgan fingerprint density at radius 1 is 0.383 bits per heavy atom. The quantitative estimate of drug-likeness (QED) is 0.197. The van der Waals surface area contributed by atoms with Gasteiger partial charge in [-0.1, -0.05) is 103 Å². The van der Waals surface area contributed by atoms with Crippen molar-refractivity contribution in [2.45, 2.75) is 0 Å². The lowest BCUT2D eigenvalue weighted by Gasteiger charge is -2.10. The molecule has 0 radical (unpaired) electrons. The fourth-order valence-corrected chi connectivity index (χ4v) is 6.28. The van der Waals surface area contributed by atoms with Crippen molar-refractivity contribution < 1.29 is 4.42 Å². The highest BCUT2D eigenvalue weighted by Gasteiger charge is 2.16. The summed E-state index contributed by atoms with van der Waals surface area (Å²) in [6, 6.07) is 52.5. The van der Waals surface area contributed by atoms with E-state index in [0.29, 0.717) is 5.89 Å². The Hall–Kier alpha value is -6.39. The van der Waals surface area contributed by atoms with Gasteiger partial charge < -0.3 is 4.42 Å². The van der Waals surface area contributed by atoms with Crippen molar-refractivity contribution in [2.75, 3.05) is 0 Å². The van der Waals surface area contributed by atoms with E-state index in [0.717, 1.165) is 83.0 Å². The molecule has 0 fully saturated rings. The van der Waals surface area contributed by atoms with Crippen LogP contribution in [0.5, 0.6) is 0 Å². The predicted molar refractivity (Wildman–Crippen MR) is 192 cm³/mol. The van der Waals surface area contributed by atoms with Gasteiger partial charge in [-0.25, -0.2) is 4.98 Å². The third kappa shape index (κ3) is 5.02. The molecule has 0 saturated heterocycles. The summed E-state index contributed by atoms with van der Waals surface area (Å²) >= 11 is 0. The first-order valence-corrected chi connectivity index (χ1v) is 15.7. The standard InChI is InChI=1S/C43H27N3O/c1-2-8-32(9-3-1)43-46-42-38(31-20-18-30(19-21-31)37-23-34-11-5-7-13-40(34)45-27-37)24-35(25-41(42)47-43)28-14-16-29(17-15-28)36-22-33-10-4-6-12-39(33)44-26-36/h1-27H. The first-order valence-electron chi connectivity index (χ1n) is 15.7. The Labute approximate surface area is 271 Å². The van der Waals surface area contributed by atoms with Crippen LogP contribution in [-0.2, 0) is 0 Å². The number of nitrogens with zero attached hydrogens (tertiary/aromatic N) is 3. The lowest BCUT2D eigenvalue weighted by atomic mass is 9.95. The van der Waals surface area contributed by atoms with Crippen LogP contribution in [0.3, 0.4) is 0 Å². The van der Waals surface area contributed by atoms with E-state index in [1.807, 2.05) is 79.1 Å². The van der Waals surface area contributed by atoms with Gasteiger partial charge in [0.05, 0.1) is 11.0 Å². The molecule has 0 N–H and O–H groups in total.